The van der Waals surface area contributed by atoms with Crippen molar-refractivity contribution in [3.05, 3.63) is 23.8 Å². The molecule has 100 valence electrons. The lowest BCUT2D eigenvalue weighted by Crippen LogP contribution is -2.23. The zero-order valence-electron chi connectivity index (χ0n) is 11.4. The highest BCUT2D eigenvalue weighted by atomic mass is 16.5. The molecule has 0 spiro atoms. The SMILES string of the molecule is COc1cccc(C(C)(C)CO)c1OCC1CC1. The van der Waals surface area contributed by atoms with E-state index in [2.05, 4.69) is 0 Å². The number of benzene rings is 1. The second kappa shape index (κ2) is 5.19. The van der Waals surface area contributed by atoms with E-state index in [1.165, 1.54) is 12.8 Å². The van der Waals surface area contributed by atoms with Crippen LogP contribution >= 0.6 is 0 Å². The highest BCUT2D eigenvalue weighted by Crippen LogP contribution is 2.40. The van der Waals surface area contributed by atoms with Crippen LogP contribution in [0.5, 0.6) is 11.5 Å². The van der Waals surface area contributed by atoms with Gasteiger partial charge in [-0.15, -0.1) is 0 Å². The number of aliphatic hydroxyl groups is 1. The highest BCUT2D eigenvalue weighted by molar-refractivity contribution is 5.49. The van der Waals surface area contributed by atoms with Crippen LogP contribution in [0.4, 0.5) is 0 Å². The predicted octanol–water partition coefficient (Wildman–Crippen LogP) is 2.75. The first-order chi connectivity index (χ1) is 8.58. The van der Waals surface area contributed by atoms with E-state index >= 15 is 0 Å². The van der Waals surface area contributed by atoms with Gasteiger partial charge in [-0.25, -0.2) is 0 Å². The lowest BCUT2D eigenvalue weighted by Gasteiger charge is -2.26. The third kappa shape index (κ3) is 2.78. The molecule has 0 saturated heterocycles. The van der Waals surface area contributed by atoms with Crippen molar-refractivity contribution in [2.45, 2.75) is 32.1 Å². The second-order valence-electron chi connectivity index (χ2n) is 5.63. The van der Waals surface area contributed by atoms with E-state index in [-0.39, 0.29) is 12.0 Å². The maximum absolute atomic E-state index is 9.53. The van der Waals surface area contributed by atoms with Crippen molar-refractivity contribution in [2.24, 2.45) is 5.92 Å². The van der Waals surface area contributed by atoms with E-state index in [9.17, 15) is 5.11 Å². The zero-order chi connectivity index (χ0) is 13.2. The normalized spacial score (nSPS) is 15.6. The second-order valence-corrected chi connectivity index (χ2v) is 5.63. The summed E-state index contributed by atoms with van der Waals surface area (Å²) < 4.78 is 11.3. The van der Waals surface area contributed by atoms with Gasteiger partial charge in [0.15, 0.2) is 11.5 Å². The van der Waals surface area contributed by atoms with Gasteiger partial charge in [-0.1, -0.05) is 26.0 Å². The van der Waals surface area contributed by atoms with E-state index < -0.39 is 0 Å². The van der Waals surface area contributed by atoms with Crippen molar-refractivity contribution in [3.63, 3.8) is 0 Å². The summed E-state index contributed by atoms with van der Waals surface area (Å²) in [5.41, 5.74) is 0.679. The number of methoxy groups -OCH3 is 1. The Kier molecular flexibility index (Phi) is 3.81. The van der Waals surface area contributed by atoms with Crippen LogP contribution in [0.25, 0.3) is 0 Å². The molecule has 1 fully saturated rings. The van der Waals surface area contributed by atoms with Gasteiger partial charge in [0.1, 0.15) is 0 Å². The minimum Gasteiger partial charge on any atom is -0.493 e. The molecule has 0 radical (unpaired) electrons. The number of aliphatic hydroxyl groups excluding tert-OH is 1. The summed E-state index contributed by atoms with van der Waals surface area (Å²) in [5.74, 6) is 2.22. The van der Waals surface area contributed by atoms with Gasteiger partial charge in [0, 0.05) is 11.0 Å². The van der Waals surface area contributed by atoms with Crippen LogP contribution in [0.2, 0.25) is 0 Å². The molecule has 1 saturated carbocycles. The van der Waals surface area contributed by atoms with Crippen molar-refractivity contribution >= 4 is 0 Å². The van der Waals surface area contributed by atoms with Crippen LogP contribution in [0.3, 0.4) is 0 Å². The monoisotopic (exact) mass is 250 g/mol. The van der Waals surface area contributed by atoms with Crippen LogP contribution in [-0.4, -0.2) is 25.4 Å². The molecule has 3 heteroatoms. The Labute approximate surface area is 109 Å². The van der Waals surface area contributed by atoms with E-state index in [1.807, 2.05) is 32.0 Å². The Morgan fingerprint density at radius 3 is 2.61 bits per heavy atom. The molecule has 0 unspecified atom stereocenters. The number of rotatable bonds is 6. The van der Waals surface area contributed by atoms with Crippen LogP contribution in [0.15, 0.2) is 18.2 Å². The summed E-state index contributed by atoms with van der Waals surface area (Å²) in [5, 5.41) is 9.53. The first-order valence-electron chi connectivity index (χ1n) is 6.49. The van der Waals surface area contributed by atoms with Gasteiger partial charge < -0.3 is 14.6 Å². The van der Waals surface area contributed by atoms with Crippen molar-refractivity contribution in [1.29, 1.82) is 0 Å². The van der Waals surface area contributed by atoms with Gasteiger partial charge >= 0.3 is 0 Å². The fraction of sp³-hybridized carbons (Fsp3) is 0.600. The van der Waals surface area contributed by atoms with Crippen molar-refractivity contribution in [2.75, 3.05) is 20.3 Å². The Morgan fingerprint density at radius 1 is 1.33 bits per heavy atom. The molecular formula is C15H22O3. The van der Waals surface area contributed by atoms with Gasteiger partial charge in [-0.2, -0.15) is 0 Å². The number of hydrogen-bond acceptors (Lipinski definition) is 3. The lowest BCUT2D eigenvalue weighted by molar-refractivity contribution is 0.208. The topological polar surface area (TPSA) is 38.7 Å². The van der Waals surface area contributed by atoms with E-state index in [4.69, 9.17) is 9.47 Å². The van der Waals surface area contributed by atoms with Crippen molar-refractivity contribution < 1.29 is 14.6 Å². The largest absolute Gasteiger partial charge is 0.493 e. The van der Waals surface area contributed by atoms with Gasteiger partial charge in [-0.3, -0.25) is 0 Å². The summed E-state index contributed by atoms with van der Waals surface area (Å²) in [6, 6.07) is 5.84. The van der Waals surface area contributed by atoms with Gasteiger partial charge in [-0.05, 0) is 24.8 Å². The summed E-state index contributed by atoms with van der Waals surface area (Å²) >= 11 is 0. The Balaban J connectivity index is 2.30. The van der Waals surface area contributed by atoms with Gasteiger partial charge in [0.25, 0.3) is 0 Å². The average molecular weight is 250 g/mol. The third-order valence-electron chi connectivity index (χ3n) is 3.48. The number of para-hydroxylation sites is 1. The Hall–Kier alpha value is -1.22. The predicted molar refractivity (Wildman–Crippen MR) is 71.3 cm³/mol. The number of ether oxygens (including phenoxy) is 2. The fourth-order valence-corrected chi connectivity index (χ4v) is 1.93. The lowest BCUT2D eigenvalue weighted by atomic mass is 9.85. The summed E-state index contributed by atoms with van der Waals surface area (Å²) in [6.07, 6.45) is 2.52. The molecule has 1 aromatic rings. The average Bonchev–Trinajstić information content (AvgIpc) is 3.19. The van der Waals surface area contributed by atoms with E-state index in [0.717, 1.165) is 23.7 Å². The summed E-state index contributed by atoms with van der Waals surface area (Å²) in [7, 11) is 1.65. The first-order valence-corrected chi connectivity index (χ1v) is 6.49. The molecule has 2 rings (SSSR count). The first kappa shape index (κ1) is 13.2. The Morgan fingerprint density at radius 2 is 2.06 bits per heavy atom. The Bertz CT molecular complexity index is 408. The maximum atomic E-state index is 9.53. The molecule has 0 atom stereocenters. The molecule has 1 aliphatic carbocycles. The molecule has 0 bridgehead atoms. The minimum atomic E-state index is -0.326. The molecule has 0 amide bonds. The van der Waals surface area contributed by atoms with Crippen LogP contribution in [0, 0.1) is 5.92 Å². The maximum Gasteiger partial charge on any atom is 0.164 e. The molecular weight excluding hydrogens is 228 g/mol. The molecule has 3 nitrogen and oxygen atoms in total. The smallest absolute Gasteiger partial charge is 0.164 e. The third-order valence-corrected chi connectivity index (χ3v) is 3.48. The van der Waals surface area contributed by atoms with E-state index in [1.54, 1.807) is 7.11 Å². The summed E-state index contributed by atoms with van der Waals surface area (Å²) in [4.78, 5) is 0. The van der Waals surface area contributed by atoms with E-state index in [0.29, 0.717) is 5.92 Å². The van der Waals surface area contributed by atoms with Crippen LogP contribution < -0.4 is 9.47 Å². The molecule has 1 aliphatic rings. The molecule has 0 heterocycles. The molecule has 1 N–H and O–H groups in total. The molecule has 0 aromatic heterocycles. The minimum absolute atomic E-state index is 0.0833. The van der Waals surface area contributed by atoms with Gasteiger partial charge in [0.2, 0.25) is 0 Å². The van der Waals surface area contributed by atoms with Crippen LogP contribution in [-0.2, 0) is 5.41 Å². The molecule has 18 heavy (non-hydrogen) atoms. The van der Waals surface area contributed by atoms with Crippen molar-refractivity contribution in [3.8, 4) is 11.5 Å². The molecule has 1 aromatic carbocycles. The van der Waals surface area contributed by atoms with Crippen LogP contribution in [0.1, 0.15) is 32.3 Å². The molecule has 0 aliphatic heterocycles. The fourth-order valence-electron chi connectivity index (χ4n) is 1.93. The zero-order valence-corrected chi connectivity index (χ0v) is 11.4. The summed E-state index contributed by atoms with van der Waals surface area (Å²) in [6.45, 7) is 4.84. The standard InChI is InChI=1S/C15H22O3/c1-15(2,10-16)12-5-4-6-13(17-3)14(12)18-9-11-7-8-11/h4-6,11,16H,7-10H2,1-3H3. The highest BCUT2D eigenvalue weighted by Gasteiger charge is 2.28. The van der Waals surface area contributed by atoms with Crippen molar-refractivity contribution in [1.82, 2.24) is 0 Å². The number of hydrogen-bond donors (Lipinski definition) is 1. The van der Waals surface area contributed by atoms with Gasteiger partial charge in [0.05, 0.1) is 20.3 Å². The quantitative estimate of drug-likeness (QED) is 0.843.